The van der Waals surface area contributed by atoms with Gasteiger partial charge < -0.3 is 14.8 Å². The molecule has 3 rings (SSSR count). The van der Waals surface area contributed by atoms with Gasteiger partial charge in [-0.2, -0.15) is 0 Å². The molecule has 0 saturated carbocycles. The van der Waals surface area contributed by atoms with Crippen molar-refractivity contribution in [1.82, 2.24) is 4.98 Å². The highest BCUT2D eigenvalue weighted by Gasteiger charge is 2.11. The molecule has 5 heteroatoms. The summed E-state index contributed by atoms with van der Waals surface area (Å²) < 4.78 is 10.8. The van der Waals surface area contributed by atoms with E-state index in [0.717, 1.165) is 39.5 Å². The van der Waals surface area contributed by atoms with Crippen LogP contribution in [0.1, 0.15) is 5.69 Å². The summed E-state index contributed by atoms with van der Waals surface area (Å²) in [5.74, 6) is 1.47. The zero-order valence-electron chi connectivity index (χ0n) is 13.2. The van der Waals surface area contributed by atoms with Gasteiger partial charge in [0.25, 0.3) is 0 Å². The highest BCUT2D eigenvalue weighted by atomic mass is 35.5. The van der Waals surface area contributed by atoms with Gasteiger partial charge in [0.05, 0.1) is 19.9 Å². The molecule has 0 bridgehead atoms. The molecule has 0 radical (unpaired) electrons. The Kier molecular flexibility index (Phi) is 4.26. The van der Waals surface area contributed by atoms with Gasteiger partial charge in [-0.05, 0) is 37.3 Å². The lowest BCUT2D eigenvalue weighted by molar-refractivity contribution is 0.417. The van der Waals surface area contributed by atoms with Crippen LogP contribution in [-0.4, -0.2) is 19.2 Å². The van der Waals surface area contributed by atoms with E-state index in [1.54, 1.807) is 20.3 Å². The Labute approximate surface area is 140 Å². The maximum atomic E-state index is 6.11. The molecule has 1 aromatic heterocycles. The number of pyridine rings is 1. The molecule has 0 aliphatic rings. The first-order chi connectivity index (χ1) is 11.1. The van der Waals surface area contributed by atoms with Crippen LogP contribution in [0, 0.1) is 6.92 Å². The Morgan fingerprint density at radius 3 is 2.48 bits per heavy atom. The molecule has 0 fully saturated rings. The molecule has 0 unspecified atom stereocenters. The third-order valence-corrected chi connectivity index (χ3v) is 3.82. The SMILES string of the molecule is COc1ccc(Cl)cc1Nc1cc(C)nc2c(OC)cccc12. The van der Waals surface area contributed by atoms with Crippen molar-refractivity contribution in [2.45, 2.75) is 6.92 Å². The lowest BCUT2D eigenvalue weighted by atomic mass is 10.1. The number of hydrogen-bond donors (Lipinski definition) is 1. The smallest absolute Gasteiger partial charge is 0.145 e. The van der Waals surface area contributed by atoms with Crippen molar-refractivity contribution in [2.24, 2.45) is 0 Å². The van der Waals surface area contributed by atoms with Crippen LogP contribution in [0.25, 0.3) is 10.9 Å². The molecule has 0 amide bonds. The minimum atomic E-state index is 0.640. The minimum Gasteiger partial charge on any atom is -0.495 e. The molecule has 0 aliphatic heterocycles. The van der Waals surface area contributed by atoms with E-state index >= 15 is 0 Å². The Morgan fingerprint density at radius 2 is 1.74 bits per heavy atom. The summed E-state index contributed by atoms with van der Waals surface area (Å²) >= 11 is 6.11. The largest absolute Gasteiger partial charge is 0.495 e. The molecule has 23 heavy (non-hydrogen) atoms. The molecular weight excluding hydrogens is 312 g/mol. The molecule has 3 aromatic rings. The second-order valence-corrected chi connectivity index (χ2v) is 5.57. The van der Waals surface area contributed by atoms with Gasteiger partial charge in [-0.25, -0.2) is 4.98 Å². The van der Waals surface area contributed by atoms with Crippen LogP contribution in [0.15, 0.2) is 42.5 Å². The molecular formula is C18H17ClN2O2. The van der Waals surface area contributed by atoms with Gasteiger partial charge in [0, 0.05) is 21.8 Å². The van der Waals surface area contributed by atoms with Crippen molar-refractivity contribution < 1.29 is 9.47 Å². The molecule has 0 aliphatic carbocycles. The van der Waals surface area contributed by atoms with Crippen LogP contribution in [0.4, 0.5) is 11.4 Å². The van der Waals surface area contributed by atoms with Crippen molar-refractivity contribution in [2.75, 3.05) is 19.5 Å². The highest BCUT2D eigenvalue weighted by Crippen LogP contribution is 2.35. The summed E-state index contributed by atoms with van der Waals surface area (Å²) in [4.78, 5) is 4.59. The Hall–Kier alpha value is -2.46. The summed E-state index contributed by atoms with van der Waals surface area (Å²) in [5.41, 5.74) is 3.44. The fourth-order valence-electron chi connectivity index (χ4n) is 2.54. The molecule has 0 spiro atoms. The Morgan fingerprint density at radius 1 is 0.957 bits per heavy atom. The van der Waals surface area contributed by atoms with Crippen LogP contribution in [-0.2, 0) is 0 Å². The first-order valence-electron chi connectivity index (χ1n) is 7.17. The van der Waals surface area contributed by atoms with E-state index < -0.39 is 0 Å². The fourth-order valence-corrected chi connectivity index (χ4v) is 2.71. The van der Waals surface area contributed by atoms with Crippen molar-refractivity contribution >= 4 is 33.9 Å². The zero-order valence-corrected chi connectivity index (χ0v) is 13.9. The molecule has 1 N–H and O–H groups in total. The summed E-state index contributed by atoms with van der Waals surface area (Å²) in [6.07, 6.45) is 0. The normalized spacial score (nSPS) is 10.6. The molecule has 1 heterocycles. The number of nitrogens with one attached hydrogen (secondary N) is 1. The minimum absolute atomic E-state index is 0.640. The standard InChI is InChI=1S/C18H17ClN2O2/c1-11-9-14(13-5-4-6-17(23-3)18(13)20-11)21-15-10-12(19)7-8-16(15)22-2/h4-10H,1-3H3,(H,20,21). The number of benzene rings is 2. The van der Waals surface area contributed by atoms with Gasteiger partial charge >= 0.3 is 0 Å². The van der Waals surface area contributed by atoms with E-state index in [1.165, 1.54) is 0 Å². The molecule has 4 nitrogen and oxygen atoms in total. The van der Waals surface area contributed by atoms with E-state index in [-0.39, 0.29) is 0 Å². The average molecular weight is 329 g/mol. The number of anilines is 2. The van der Waals surface area contributed by atoms with E-state index in [0.29, 0.717) is 5.02 Å². The second kappa shape index (κ2) is 6.34. The first-order valence-corrected chi connectivity index (χ1v) is 7.55. The first kappa shape index (κ1) is 15.4. The lowest BCUT2D eigenvalue weighted by Crippen LogP contribution is -1.98. The number of aromatic nitrogens is 1. The summed E-state index contributed by atoms with van der Waals surface area (Å²) in [7, 11) is 3.28. The topological polar surface area (TPSA) is 43.4 Å². The Bertz CT molecular complexity index is 865. The maximum absolute atomic E-state index is 6.11. The number of hydrogen-bond acceptors (Lipinski definition) is 4. The van der Waals surface area contributed by atoms with Crippen LogP contribution >= 0.6 is 11.6 Å². The van der Waals surface area contributed by atoms with Crippen LogP contribution < -0.4 is 14.8 Å². The second-order valence-electron chi connectivity index (χ2n) is 5.14. The van der Waals surface area contributed by atoms with E-state index in [4.69, 9.17) is 21.1 Å². The van der Waals surface area contributed by atoms with Gasteiger partial charge in [0.2, 0.25) is 0 Å². The predicted molar refractivity (Wildman–Crippen MR) is 94.3 cm³/mol. The number of nitrogens with zero attached hydrogens (tertiary/aromatic N) is 1. The van der Waals surface area contributed by atoms with Crippen molar-refractivity contribution in [3.8, 4) is 11.5 Å². The number of methoxy groups -OCH3 is 2. The van der Waals surface area contributed by atoms with E-state index in [9.17, 15) is 0 Å². The van der Waals surface area contributed by atoms with Gasteiger partial charge in [-0.1, -0.05) is 23.7 Å². The number of ether oxygens (including phenoxy) is 2. The van der Waals surface area contributed by atoms with E-state index in [1.807, 2.05) is 43.3 Å². The number of para-hydroxylation sites is 1. The maximum Gasteiger partial charge on any atom is 0.145 e. The third-order valence-electron chi connectivity index (χ3n) is 3.58. The third kappa shape index (κ3) is 3.03. The van der Waals surface area contributed by atoms with Gasteiger partial charge in [-0.3, -0.25) is 0 Å². The molecule has 118 valence electrons. The fraction of sp³-hybridized carbons (Fsp3) is 0.167. The number of halogens is 1. The number of fused-ring (bicyclic) bond motifs is 1. The molecule has 2 aromatic carbocycles. The molecule has 0 saturated heterocycles. The van der Waals surface area contributed by atoms with Crippen LogP contribution in [0.2, 0.25) is 5.02 Å². The number of aryl methyl sites for hydroxylation is 1. The van der Waals surface area contributed by atoms with Gasteiger partial charge in [0.15, 0.2) is 0 Å². The Balaban J connectivity index is 2.16. The van der Waals surface area contributed by atoms with Gasteiger partial charge in [0.1, 0.15) is 17.0 Å². The summed E-state index contributed by atoms with van der Waals surface area (Å²) in [6.45, 7) is 1.95. The average Bonchev–Trinajstić information content (AvgIpc) is 2.54. The highest BCUT2D eigenvalue weighted by molar-refractivity contribution is 6.31. The molecule has 0 atom stereocenters. The van der Waals surface area contributed by atoms with Crippen LogP contribution in [0.5, 0.6) is 11.5 Å². The van der Waals surface area contributed by atoms with Crippen molar-refractivity contribution in [1.29, 1.82) is 0 Å². The summed E-state index contributed by atoms with van der Waals surface area (Å²) in [5, 5.41) is 5.00. The van der Waals surface area contributed by atoms with Crippen LogP contribution in [0.3, 0.4) is 0 Å². The monoisotopic (exact) mass is 328 g/mol. The van der Waals surface area contributed by atoms with Crippen molar-refractivity contribution in [3.63, 3.8) is 0 Å². The van der Waals surface area contributed by atoms with Gasteiger partial charge in [-0.15, -0.1) is 0 Å². The quantitative estimate of drug-likeness (QED) is 0.735. The summed E-state index contributed by atoms with van der Waals surface area (Å²) in [6, 6.07) is 13.3. The number of rotatable bonds is 4. The van der Waals surface area contributed by atoms with Crippen molar-refractivity contribution in [3.05, 3.63) is 53.2 Å². The van der Waals surface area contributed by atoms with E-state index in [2.05, 4.69) is 10.3 Å². The lowest BCUT2D eigenvalue weighted by Gasteiger charge is -2.15. The predicted octanol–water partition coefficient (Wildman–Crippen LogP) is 4.96. The zero-order chi connectivity index (χ0) is 16.4.